The Hall–Kier alpha value is -4.54. The largest absolute Gasteiger partial charge is 0.445 e. The maximum absolute atomic E-state index is 12.9. The van der Waals surface area contributed by atoms with E-state index in [-0.39, 0.29) is 30.7 Å². The summed E-state index contributed by atoms with van der Waals surface area (Å²) in [5.74, 6) is 1.02. The molecule has 0 atom stereocenters. The first-order chi connectivity index (χ1) is 23.5. The lowest BCUT2D eigenvalue weighted by Crippen LogP contribution is -2.40. The number of carbonyl (C=O) groups excluding carboxylic acids is 3. The highest BCUT2D eigenvalue weighted by Crippen LogP contribution is 2.41. The van der Waals surface area contributed by atoms with Gasteiger partial charge in [0.25, 0.3) is 0 Å². The van der Waals surface area contributed by atoms with E-state index in [0.29, 0.717) is 39.3 Å². The van der Waals surface area contributed by atoms with Crippen LogP contribution in [0, 0.1) is 0 Å². The van der Waals surface area contributed by atoms with Gasteiger partial charge in [-0.25, -0.2) is 9.59 Å². The normalized spacial score (nSPS) is 18.0. The molecule has 4 aliphatic rings. The quantitative estimate of drug-likeness (QED) is 0.329. The van der Waals surface area contributed by atoms with Gasteiger partial charge in [-0.2, -0.15) is 5.10 Å². The molecular formula is C38H48N6O5. The Bertz CT molecular complexity index is 1720. The third-order valence-corrected chi connectivity index (χ3v) is 10.2. The number of nitrogens with zero attached hydrogens (tertiary/aromatic N) is 6. The summed E-state index contributed by atoms with van der Waals surface area (Å²) in [4.78, 5) is 46.2. The number of likely N-dealkylation sites (tertiary alicyclic amines) is 1. The van der Waals surface area contributed by atoms with E-state index in [0.717, 1.165) is 62.0 Å². The number of aryl methyl sites for hydroxylation is 1. The van der Waals surface area contributed by atoms with Gasteiger partial charge in [0.2, 0.25) is 5.91 Å². The SMILES string of the molecule is CC(=O)N1CCc2c(c(N3CCCc4cc5c(cc43)CCN(C(=O)OC(C)(C)C)C5)nn2C2CCN(C(=O)OCc3ccccc3)CC2)C1. The number of anilines is 2. The lowest BCUT2D eigenvalue weighted by Gasteiger charge is -2.35. The molecule has 0 saturated carbocycles. The summed E-state index contributed by atoms with van der Waals surface area (Å²) >= 11 is 0. The Kier molecular flexibility index (Phi) is 9.02. The van der Waals surface area contributed by atoms with Gasteiger partial charge in [-0.1, -0.05) is 36.4 Å². The average molecular weight is 669 g/mol. The maximum atomic E-state index is 12.9. The number of carbonyl (C=O) groups is 3. The molecule has 0 radical (unpaired) electrons. The van der Waals surface area contributed by atoms with E-state index in [9.17, 15) is 14.4 Å². The van der Waals surface area contributed by atoms with Crippen molar-refractivity contribution in [3.05, 3.63) is 76.0 Å². The van der Waals surface area contributed by atoms with Crippen LogP contribution in [0.4, 0.5) is 21.1 Å². The number of aromatic nitrogens is 2. The van der Waals surface area contributed by atoms with Crippen molar-refractivity contribution in [2.24, 2.45) is 0 Å². The summed E-state index contributed by atoms with van der Waals surface area (Å²) in [5.41, 5.74) is 7.67. The molecule has 0 unspecified atom stereocenters. The molecule has 0 N–H and O–H groups in total. The van der Waals surface area contributed by atoms with Crippen LogP contribution >= 0.6 is 0 Å². The second-order valence-electron chi connectivity index (χ2n) is 14.8. The highest BCUT2D eigenvalue weighted by molar-refractivity contribution is 5.75. The highest BCUT2D eigenvalue weighted by atomic mass is 16.6. The fraction of sp³-hybridized carbons (Fsp3) is 0.526. The maximum Gasteiger partial charge on any atom is 0.410 e. The van der Waals surface area contributed by atoms with Crippen molar-refractivity contribution >= 4 is 29.6 Å². The van der Waals surface area contributed by atoms with E-state index in [1.165, 1.54) is 28.1 Å². The zero-order chi connectivity index (χ0) is 34.3. The minimum Gasteiger partial charge on any atom is -0.445 e. The Labute approximate surface area is 288 Å². The number of ether oxygens (including phenoxy) is 2. The number of amides is 3. The molecule has 49 heavy (non-hydrogen) atoms. The smallest absolute Gasteiger partial charge is 0.410 e. The molecule has 3 amide bonds. The van der Waals surface area contributed by atoms with Crippen molar-refractivity contribution in [2.45, 2.75) is 97.6 Å². The Balaban J connectivity index is 1.12. The van der Waals surface area contributed by atoms with Crippen LogP contribution in [0.15, 0.2) is 42.5 Å². The van der Waals surface area contributed by atoms with E-state index < -0.39 is 5.60 Å². The van der Waals surface area contributed by atoms with Crippen LogP contribution in [0.2, 0.25) is 0 Å². The lowest BCUT2D eigenvalue weighted by molar-refractivity contribution is -0.129. The van der Waals surface area contributed by atoms with E-state index in [1.807, 2.05) is 65.8 Å². The molecule has 1 aromatic heterocycles. The Morgan fingerprint density at radius 1 is 0.816 bits per heavy atom. The average Bonchev–Trinajstić information content (AvgIpc) is 3.47. The summed E-state index contributed by atoms with van der Waals surface area (Å²) in [6.07, 6.45) is 4.53. The molecule has 5 heterocycles. The van der Waals surface area contributed by atoms with Gasteiger partial charge in [-0.05, 0) is 81.2 Å². The van der Waals surface area contributed by atoms with Crippen molar-refractivity contribution in [1.29, 1.82) is 0 Å². The second kappa shape index (κ2) is 13.4. The number of benzene rings is 2. The third-order valence-electron chi connectivity index (χ3n) is 10.2. The van der Waals surface area contributed by atoms with Gasteiger partial charge < -0.3 is 29.1 Å². The zero-order valence-corrected chi connectivity index (χ0v) is 29.2. The lowest BCUT2D eigenvalue weighted by atomic mass is 9.91. The molecule has 3 aromatic rings. The molecule has 0 spiro atoms. The summed E-state index contributed by atoms with van der Waals surface area (Å²) < 4.78 is 13.5. The topological polar surface area (TPSA) is 100 Å². The second-order valence-corrected chi connectivity index (χ2v) is 14.8. The minimum atomic E-state index is -0.528. The van der Waals surface area contributed by atoms with Gasteiger partial charge in [0.15, 0.2) is 5.82 Å². The first kappa shape index (κ1) is 33.0. The fourth-order valence-corrected chi connectivity index (χ4v) is 7.67. The van der Waals surface area contributed by atoms with Crippen molar-refractivity contribution in [3.8, 4) is 0 Å². The first-order valence-corrected chi connectivity index (χ1v) is 17.8. The number of hydrogen-bond donors (Lipinski definition) is 0. The number of rotatable bonds is 4. The van der Waals surface area contributed by atoms with Crippen LogP contribution in [-0.2, 0) is 53.2 Å². The molecule has 11 heteroatoms. The van der Waals surface area contributed by atoms with E-state index in [4.69, 9.17) is 14.6 Å². The van der Waals surface area contributed by atoms with Crippen LogP contribution in [0.25, 0.3) is 0 Å². The van der Waals surface area contributed by atoms with Crippen LogP contribution < -0.4 is 4.90 Å². The predicted molar refractivity (Wildman–Crippen MR) is 186 cm³/mol. The van der Waals surface area contributed by atoms with Crippen molar-refractivity contribution in [2.75, 3.05) is 37.6 Å². The summed E-state index contributed by atoms with van der Waals surface area (Å²) in [6, 6.07) is 14.5. The molecule has 7 rings (SSSR count). The van der Waals surface area contributed by atoms with E-state index in [2.05, 4.69) is 21.7 Å². The van der Waals surface area contributed by atoms with Crippen LogP contribution in [0.1, 0.15) is 86.5 Å². The zero-order valence-electron chi connectivity index (χ0n) is 29.2. The van der Waals surface area contributed by atoms with Crippen LogP contribution in [0.5, 0.6) is 0 Å². The van der Waals surface area contributed by atoms with Crippen molar-refractivity contribution in [1.82, 2.24) is 24.5 Å². The fourth-order valence-electron chi connectivity index (χ4n) is 7.67. The van der Waals surface area contributed by atoms with Crippen LogP contribution in [-0.4, -0.2) is 80.9 Å². The summed E-state index contributed by atoms with van der Waals surface area (Å²) in [5, 5.41) is 5.36. The van der Waals surface area contributed by atoms with Gasteiger partial charge in [-0.15, -0.1) is 0 Å². The third kappa shape index (κ3) is 6.98. The Morgan fingerprint density at radius 3 is 2.31 bits per heavy atom. The minimum absolute atomic E-state index is 0.0781. The molecule has 4 aliphatic heterocycles. The van der Waals surface area contributed by atoms with Crippen molar-refractivity contribution in [3.63, 3.8) is 0 Å². The predicted octanol–water partition coefficient (Wildman–Crippen LogP) is 6.14. The monoisotopic (exact) mass is 668 g/mol. The van der Waals surface area contributed by atoms with Gasteiger partial charge in [0.1, 0.15) is 12.2 Å². The van der Waals surface area contributed by atoms with Gasteiger partial charge in [0, 0.05) is 69.6 Å². The van der Waals surface area contributed by atoms with Crippen molar-refractivity contribution < 1.29 is 23.9 Å². The Morgan fingerprint density at radius 2 is 1.57 bits per heavy atom. The number of fused-ring (bicyclic) bond motifs is 3. The molecule has 0 aliphatic carbocycles. The molecule has 0 bridgehead atoms. The number of hydrogen-bond acceptors (Lipinski definition) is 7. The standard InChI is InChI=1S/C38H48N6O5/c1-26(45)41-20-15-33-32(24-41)35(39-44(33)31-13-18-40(19-14-31)36(46)48-25-27-9-6-5-7-10-27)43-16-8-11-29-21-30-23-42(37(47)49-38(2,3)4)17-12-28(30)22-34(29)43/h5-7,9-10,21-22,31H,8,11-20,23-25H2,1-4H3. The molecular weight excluding hydrogens is 620 g/mol. The summed E-state index contributed by atoms with van der Waals surface area (Å²) in [6.45, 7) is 12.1. The van der Waals surface area contributed by atoms with Gasteiger partial charge >= 0.3 is 12.2 Å². The molecule has 11 nitrogen and oxygen atoms in total. The van der Waals surface area contributed by atoms with E-state index in [1.54, 1.807) is 6.92 Å². The number of piperidine rings is 1. The van der Waals surface area contributed by atoms with Gasteiger partial charge in [0.05, 0.1) is 12.6 Å². The molecule has 260 valence electrons. The van der Waals surface area contributed by atoms with Crippen LogP contribution in [0.3, 0.4) is 0 Å². The molecule has 1 fully saturated rings. The van der Waals surface area contributed by atoms with Gasteiger partial charge in [-0.3, -0.25) is 9.48 Å². The molecule has 2 aromatic carbocycles. The summed E-state index contributed by atoms with van der Waals surface area (Å²) in [7, 11) is 0. The highest BCUT2D eigenvalue weighted by Gasteiger charge is 2.35. The molecule has 1 saturated heterocycles. The first-order valence-electron chi connectivity index (χ1n) is 17.8. The van der Waals surface area contributed by atoms with E-state index >= 15 is 0 Å².